The summed E-state index contributed by atoms with van der Waals surface area (Å²) in [5.74, 6) is -0.719. The van der Waals surface area contributed by atoms with E-state index in [-0.39, 0.29) is 47.9 Å². The number of fused-ring (bicyclic) bond motifs is 1. The van der Waals surface area contributed by atoms with Crippen LogP contribution in [0.25, 0.3) is 0 Å². The SMILES string of the molecule is CC1C(=O)N(C)c2nc(Oc3cccc(F)c3)n(Cc3ccc(Cl)cc3)c2C(=O)N1CCCO[C@@H]1CCCCO1. The number of hydrogen-bond donors (Lipinski definition) is 0. The fourth-order valence-corrected chi connectivity index (χ4v) is 5.04. The van der Waals surface area contributed by atoms with Gasteiger partial charge in [-0.15, -0.1) is 0 Å². The van der Waals surface area contributed by atoms with E-state index >= 15 is 0 Å². The standard InChI is InChI=1S/C29H32ClFN4O5/c1-19-27(36)33(2)26-25(28(37)34(19)14-6-16-39-24-9-3-4-15-38-24)35(18-20-10-12-21(30)13-11-20)29(32-26)40-23-8-5-7-22(31)17-23/h5,7-8,10-13,17,19,24H,3-4,6,9,14-16,18H2,1-2H3/t19?,24-/m1/s1. The second-order valence-corrected chi connectivity index (χ2v) is 10.4. The Labute approximate surface area is 237 Å². The molecule has 2 amide bonds. The zero-order valence-corrected chi connectivity index (χ0v) is 23.3. The molecule has 2 aliphatic rings. The maximum absolute atomic E-state index is 14.1. The first-order valence-corrected chi connectivity index (χ1v) is 13.8. The van der Waals surface area contributed by atoms with Gasteiger partial charge in [-0.25, -0.2) is 4.39 Å². The lowest BCUT2D eigenvalue weighted by Crippen LogP contribution is -2.46. The second-order valence-electron chi connectivity index (χ2n) is 9.93. The van der Waals surface area contributed by atoms with Crippen LogP contribution in [0.2, 0.25) is 5.02 Å². The van der Waals surface area contributed by atoms with Gasteiger partial charge in [-0.1, -0.05) is 29.8 Å². The van der Waals surface area contributed by atoms with Gasteiger partial charge in [-0.2, -0.15) is 4.98 Å². The van der Waals surface area contributed by atoms with Crippen molar-refractivity contribution in [2.24, 2.45) is 0 Å². The molecule has 2 atom stereocenters. The average molecular weight is 571 g/mol. The van der Waals surface area contributed by atoms with E-state index in [0.29, 0.717) is 31.2 Å². The molecule has 2 aliphatic heterocycles. The van der Waals surface area contributed by atoms with Crippen molar-refractivity contribution in [1.29, 1.82) is 0 Å². The van der Waals surface area contributed by atoms with E-state index in [4.69, 9.17) is 25.8 Å². The highest BCUT2D eigenvalue weighted by Gasteiger charge is 2.40. The van der Waals surface area contributed by atoms with Gasteiger partial charge in [0.1, 0.15) is 17.6 Å². The van der Waals surface area contributed by atoms with Crippen LogP contribution >= 0.6 is 11.6 Å². The lowest BCUT2D eigenvalue weighted by molar-refractivity contribution is -0.163. The van der Waals surface area contributed by atoms with E-state index < -0.39 is 11.9 Å². The largest absolute Gasteiger partial charge is 0.425 e. The third-order valence-electron chi connectivity index (χ3n) is 7.09. The monoisotopic (exact) mass is 570 g/mol. The Kier molecular flexibility index (Phi) is 8.68. The fraction of sp³-hybridized carbons (Fsp3) is 0.414. The number of ether oxygens (including phenoxy) is 3. The minimum absolute atomic E-state index is 0.0610. The predicted octanol–water partition coefficient (Wildman–Crippen LogP) is 5.26. The first-order valence-electron chi connectivity index (χ1n) is 13.4. The molecule has 9 nitrogen and oxygen atoms in total. The molecule has 1 unspecified atom stereocenters. The molecule has 212 valence electrons. The highest BCUT2D eigenvalue weighted by Crippen LogP contribution is 2.34. The number of nitrogens with zero attached hydrogens (tertiary/aromatic N) is 4. The fourth-order valence-electron chi connectivity index (χ4n) is 4.92. The molecule has 0 spiro atoms. The number of halogens is 2. The van der Waals surface area contributed by atoms with Crippen molar-refractivity contribution < 1.29 is 28.2 Å². The number of benzene rings is 2. The summed E-state index contributed by atoms with van der Waals surface area (Å²) in [6.07, 6.45) is 3.25. The van der Waals surface area contributed by atoms with Gasteiger partial charge in [-0.3, -0.25) is 19.1 Å². The molecule has 5 rings (SSSR count). The molecule has 0 saturated carbocycles. The molecule has 0 bridgehead atoms. The van der Waals surface area contributed by atoms with Crippen molar-refractivity contribution >= 4 is 29.2 Å². The van der Waals surface area contributed by atoms with Gasteiger partial charge in [0.15, 0.2) is 17.8 Å². The number of carbonyl (C=O) groups is 2. The number of hydrogen-bond acceptors (Lipinski definition) is 6. The Morgan fingerprint density at radius 3 is 2.67 bits per heavy atom. The zero-order chi connectivity index (χ0) is 28.2. The van der Waals surface area contributed by atoms with Crippen molar-refractivity contribution in [2.45, 2.75) is 51.5 Å². The lowest BCUT2D eigenvalue weighted by atomic mass is 10.2. The van der Waals surface area contributed by atoms with Crippen LogP contribution in [-0.4, -0.2) is 65.4 Å². The maximum Gasteiger partial charge on any atom is 0.304 e. The Hall–Kier alpha value is -3.47. The number of rotatable bonds is 9. The average Bonchev–Trinajstić information content (AvgIpc) is 3.28. The number of anilines is 1. The highest BCUT2D eigenvalue weighted by molar-refractivity contribution is 6.30. The van der Waals surface area contributed by atoms with E-state index in [1.54, 1.807) is 41.6 Å². The molecule has 0 radical (unpaired) electrons. The van der Waals surface area contributed by atoms with Gasteiger partial charge in [0.25, 0.3) is 5.91 Å². The highest BCUT2D eigenvalue weighted by atomic mass is 35.5. The minimum Gasteiger partial charge on any atom is -0.425 e. The van der Waals surface area contributed by atoms with Crippen molar-refractivity contribution in [3.8, 4) is 11.8 Å². The molecule has 3 aromatic rings. The number of amides is 2. The number of aromatic nitrogens is 2. The summed E-state index contributed by atoms with van der Waals surface area (Å²) in [6.45, 7) is 3.31. The van der Waals surface area contributed by atoms with Crippen molar-refractivity contribution in [1.82, 2.24) is 14.5 Å². The molecule has 0 aliphatic carbocycles. The minimum atomic E-state index is -0.714. The summed E-state index contributed by atoms with van der Waals surface area (Å²) in [5.41, 5.74) is 1.04. The van der Waals surface area contributed by atoms with Crippen LogP contribution in [0.1, 0.15) is 48.7 Å². The molecule has 1 fully saturated rings. The van der Waals surface area contributed by atoms with Crippen LogP contribution < -0.4 is 9.64 Å². The third kappa shape index (κ3) is 6.14. The molecule has 11 heteroatoms. The van der Waals surface area contributed by atoms with Crippen LogP contribution in [0, 0.1) is 5.82 Å². The van der Waals surface area contributed by atoms with Gasteiger partial charge < -0.3 is 19.1 Å². The van der Waals surface area contributed by atoms with Gasteiger partial charge in [-0.05, 0) is 62.4 Å². The summed E-state index contributed by atoms with van der Waals surface area (Å²) in [6, 6.07) is 12.2. The van der Waals surface area contributed by atoms with E-state index in [2.05, 4.69) is 4.98 Å². The Bertz CT molecular complexity index is 1360. The van der Waals surface area contributed by atoms with Gasteiger partial charge >= 0.3 is 6.01 Å². The molecule has 1 saturated heterocycles. The summed E-state index contributed by atoms with van der Waals surface area (Å²) in [5, 5.41) is 0.576. The van der Waals surface area contributed by atoms with E-state index in [1.807, 2.05) is 12.1 Å². The van der Waals surface area contributed by atoms with Crippen molar-refractivity contribution in [2.75, 3.05) is 31.7 Å². The Morgan fingerprint density at radius 2 is 1.95 bits per heavy atom. The van der Waals surface area contributed by atoms with Gasteiger partial charge in [0.05, 0.1) is 13.2 Å². The van der Waals surface area contributed by atoms with Gasteiger partial charge in [0.2, 0.25) is 5.91 Å². The van der Waals surface area contributed by atoms with Crippen LogP contribution in [-0.2, 0) is 20.8 Å². The first kappa shape index (κ1) is 28.1. The van der Waals surface area contributed by atoms with E-state index in [9.17, 15) is 14.0 Å². The maximum atomic E-state index is 14.1. The summed E-state index contributed by atoms with van der Waals surface area (Å²) >= 11 is 6.08. The molecular formula is C29H32ClFN4O5. The number of imidazole rings is 1. The van der Waals surface area contributed by atoms with Crippen LogP contribution in [0.15, 0.2) is 48.5 Å². The molecule has 3 heterocycles. The smallest absolute Gasteiger partial charge is 0.304 e. The predicted molar refractivity (Wildman–Crippen MR) is 147 cm³/mol. The van der Waals surface area contributed by atoms with Crippen LogP contribution in [0.3, 0.4) is 0 Å². The Balaban J connectivity index is 1.46. The molecule has 1 aromatic heterocycles. The molecule has 40 heavy (non-hydrogen) atoms. The third-order valence-corrected chi connectivity index (χ3v) is 7.35. The number of likely N-dealkylation sites (N-methyl/N-ethyl adjacent to an activating group) is 1. The second kappa shape index (κ2) is 12.4. The van der Waals surface area contributed by atoms with Gasteiger partial charge in [0, 0.05) is 31.3 Å². The Morgan fingerprint density at radius 1 is 1.15 bits per heavy atom. The molecule has 0 N–H and O–H groups in total. The summed E-state index contributed by atoms with van der Waals surface area (Å²) in [7, 11) is 1.59. The summed E-state index contributed by atoms with van der Waals surface area (Å²) in [4.78, 5) is 35.0. The first-order chi connectivity index (χ1) is 19.3. The lowest BCUT2D eigenvalue weighted by Gasteiger charge is -2.28. The van der Waals surface area contributed by atoms with Crippen molar-refractivity contribution in [3.63, 3.8) is 0 Å². The normalized spacial score (nSPS) is 19.5. The molecular weight excluding hydrogens is 539 g/mol. The zero-order valence-electron chi connectivity index (χ0n) is 22.5. The number of carbonyl (C=O) groups excluding carboxylic acids is 2. The molecule has 2 aromatic carbocycles. The van der Waals surface area contributed by atoms with E-state index in [0.717, 1.165) is 24.8 Å². The topological polar surface area (TPSA) is 86.1 Å². The summed E-state index contributed by atoms with van der Waals surface area (Å²) < 4.78 is 33.0. The van der Waals surface area contributed by atoms with E-state index in [1.165, 1.54) is 23.1 Å². The quantitative estimate of drug-likeness (QED) is 0.326. The van der Waals surface area contributed by atoms with Crippen LogP contribution in [0.5, 0.6) is 11.8 Å². The van der Waals surface area contributed by atoms with Crippen molar-refractivity contribution in [3.05, 3.63) is 70.6 Å². The van der Waals surface area contributed by atoms with Crippen LogP contribution in [0.4, 0.5) is 10.2 Å².